The maximum absolute atomic E-state index is 11.3. The van der Waals surface area contributed by atoms with Crippen molar-refractivity contribution in [2.24, 2.45) is 11.8 Å². The third-order valence-electron chi connectivity index (χ3n) is 2.56. The van der Waals surface area contributed by atoms with Crippen LogP contribution >= 0.6 is 0 Å². The maximum Gasteiger partial charge on any atom is 0.303 e. The topological polar surface area (TPSA) is 91.7 Å². The van der Waals surface area contributed by atoms with Crippen LogP contribution in [-0.4, -0.2) is 34.4 Å². The van der Waals surface area contributed by atoms with Gasteiger partial charge in [-0.05, 0) is 6.42 Å². The Hall–Kier alpha value is -1.23. The molecule has 0 spiro atoms. The van der Waals surface area contributed by atoms with E-state index in [0.29, 0.717) is 6.29 Å². The highest BCUT2D eigenvalue weighted by atomic mass is 16.4. The summed E-state index contributed by atoms with van der Waals surface area (Å²) >= 11 is 0. The third-order valence-corrected chi connectivity index (χ3v) is 2.56. The summed E-state index contributed by atoms with van der Waals surface area (Å²) in [5.74, 6) is -2.54. The predicted molar refractivity (Wildman–Crippen MR) is 45.5 cm³/mol. The minimum atomic E-state index is -0.996. The molecule has 0 bridgehead atoms. The Morgan fingerprint density at radius 2 is 2.21 bits per heavy atom. The van der Waals surface area contributed by atoms with Crippen LogP contribution in [0.5, 0.6) is 0 Å². The maximum atomic E-state index is 11.3. The van der Waals surface area contributed by atoms with Gasteiger partial charge in [0.25, 0.3) is 0 Å². The predicted octanol–water partition coefficient (Wildman–Crippen LogP) is -0.384. The van der Waals surface area contributed by atoms with Crippen LogP contribution in [0.25, 0.3) is 0 Å². The Bertz CT molecular complexity index is 260. The first kappa shape index (κ1) is 10.8. The van der Waals surface area contributed by atoms with Crippen molar-refractivity contribution in [2.45, 2.75) is 25.4 Å². The minimum Gasteiger partial charge on any atom is -0.481 e. The van der Waals surface area contributed by atoms with E-state index >= 15 is 0 Å². The molecule has 0 aromatic rings. The lowest BCUT2D eigenvalue weighted by Gasteiger charge is -2.12. The Morgan fingerprint density at radius 1 is 1.57 bits per heavy atom. The number of hydrogen-bond donors (Lipinski definition) is 2. The number of aliphatic hydroxyl groups excluding tert-OH is 1. The Balaban J connectivity index is 2.60. The first-order chi connectivity index (χ1) is 6.56. The SMILES string of the molecule is O=CC1C(O)CC(=O)C1CCC(=O)O. The summed E-state index contributed by atoms with van der Waals surface area (Å²) in [4.78, 5) is 32.1. The molecule has 0 aliphatic heterocycles. The number of carboxylic acids is 1. The van der Waals surface area contributed by atoms with E-state index in [1.807, 2.05) is 0 Å². The highest BCUT2D eigenvalue weighted by molar-refractivity contribution is 5.88. The van der Waals surface area contributed by atoms with Crippen LogP contribution in [0, 0.1) is 11.8 Å². The van der Waals surface area contributed by atoms with E-state index in [1.54, 1.807) is 0 Å². The van der Waals surface area contributed by atoms with Crippen LogP contribution in [0.4, 0.5) is 0 Å². The molecule has 2 N–H and O–H groups in total. The zero-order valence-corrected chi connectivity index (χ0v) is 7.55. The van der Waals surface area contributed by atoms with Gasteiger partial charge in [-0.2, -0.15) is 0 Å². The summed E-state index contributed by atoms with van der Waals surface area (Å²) < 4.78 is 0. The van der Waals surface area contributed by atoms with Gasteiger partial charge in [0.1, 0.15) is 12.1 Å². The number of aliphatic carboxylic acids is 1. The molecule has 0 heterocycles. The Morgan fingerprint density at radius 3 is 2.71 bits per heavy atom. The molecular formula is C9H12O5. The summed E-state index contributed by atoms with van der Waals surface area (Å²) in [5.41, 5.74) is 0. The number of aldehydes is 1. The van der Waals surface area contributed by atoms with Crippen LogP contribution in [-0.2, 0) is 14.4 Å². The van der Waals surface area contributed by atoms with Gasteiger partial charge in [0.2, 0.25) is 0 Å². The molecule has 5 heteroatoms. The van der Waals surface area contributed by atoms with Crippen LogP contribution in [0.2, 0.25) is 0 Å². The summed E-state index contributed by atoms with van der Waals surface area (Å²) in [7, 11) is 0. The van der Waals surface area contributed by atoms with Gasteiger partial charge < -0.3 is 15.0 Å². The van der Waals surface area contributed by atoms with Crippen molar-refractivity contribution in [3.05, 3.63) is 0 Å². The third kappa shape index (κ3) is 2.17. The van der Waals surface area contributed by atoms with Crippen LogP contribution in [0.1, 0.15) is 19.3 Å². The molecule has 1 fully saturated rings. The first-order valence-corrected chi connectivity index (χ1v) is 4.44. The van der Waals surface area contributed by atoms with Crippen LogP contribution < -0.4 is 0 Å². The number of aliphatic hydroxyl groups is 1. The van der Waals surface area contributed by atoms with Crippen molar-refractivity contribution >= 4 is 18.0 Å². The molecule has 0 aromatic heterocycles. The smallest absolute Gasteiger partial charge is 0.303 e. The summed E-state index contributed by atoms with van der Waals surface area (Å²) in [6.45, 7) is 0. The second-order valence-electron chi connectivity index (χ2n) is 3.49. The number of carbonyl (C=O) groups is 3. The molecular weight excluding hydrogens is 188 g/mol. The molecule has 3 atom stereocenters. The molecule has 3 unspecified atom stereocenters. The van der Waals surface area contributed by atoms with Gasteiger partial charge in [-0.3, -0.25) is 9.59 Å². The van der Waals surface area contributed by atoms with Gasteiger partial charge in [0.15, 0.2) is 0 Å². The standard InChI is InChI=1S/C9H12O5/c10-4-6-5(1-2-9(13)14)7(11)3-8(6)12/h4-6,8,12H,1-3H2,(H,13,14). The fourth-order valence-corrected chi connectivity index (χ4v) is 1.79. The van der Waals surface area contributed by atoms with E-state index in [2.05, 4.69) is 0 Å². The molecule has 78 valence electrons. The summed E-state index contributed by atoms with van der Waals surface area (Å²) in [6, 6.07) is 0. The fourth-order valence-electron chi connectivity index (χ4n) is 1.79. The van der Waals surface area contributed by atoms with Gasteiger partial charge in [-0.25, -0.2) is 0 Å². The lowest BCUT2D eigenvalue weighted by atomic mass is 9.91. The van der Waals surface area contributed by atoms with Gasteiger partial charge in [-0.1, -0.05) is 0 Å². The number of Topliss-reactive ketones (excluding diaryl/α,β-unsaturated/α-hetero) is 1. The van der Waals surface area contributed by atoms with Crippen molar-refractivity contribution in [3.63, 3.8) is 0 Å². The Labute approximate surface area is 80.7 Å². The van der Waals surface area contributed by atoms with E-state index in [4.69, 9.17) is 5.11 Å². The zero-order valence-electron chi connectivity index (χ0n) is 7.55. The molecule has 0 saturated heterocycles. The van der Waals surface area contributed by atoms with Crippen LogP contribution in [0.3, 0.4) is 0 Å². The number of ketones is 1. The van der Waals surface area contributed by atoms with Crippen molar-refractivity contribution in [1.29, 1.82) is 0 Å². The van der Waals surface area contributed by atoms with Gasteiger partial charge in [0, 0.05) is 18.8 Å². The zero-order chi connectivity index (χ0) is 10.7. The molecule has 1 aliphatic rings. The van der Waals surface area contributed by atoms with E-state index in [9.17, 15) is 19.5 Å². The lowest BCUT2D eigenvalue weighted by Crippen LogP contribution is -2.22. The average molecular weight is 200 g/mol. The average Bonchev–Trinajstić information content (AvgIpc) is 2.36. The summed E-state index contributed by atoms with van der Waals surface area (Å²) in [5, 5.41) is 17.7. The molecule has 1 rings (SSSR count). The van der Waals surface area contributed by atoms with E-state index in [1.165, 1.54) is 0 Å². The second kappa shape index (κ2) is 4.32. The number of carbonyl (C=O) groups excluding carboxylic acids is 2. The molecule has 0 radical (unpaired) electrons. The van der Waals surface area contributed by atoms with E-state index in [0.717, 1.165) is 0 Å². The van der Waals surface area contributed by atoms with Crippen LogP contribution in [0.15, 0.2) is 0 Å². The van der Waals surface area contributed by atoms with Gasteiger partial charge in [0.05, 0.1) is 12.0 Å². The van der Waals surface area contributed by atoms with Crippen molar-refractivity contribution in [1.82, 2.24) is 0 Å². The minimum absolute atomic E-state index is 0.0340. The lowest BCUT2D eigenvalue weighted by molar-refractivity contribution is -0.137. The fraction of sp³-hybridized carbons (Fsp3) is 0.667. The summed E-state index contributed by atoms with van der Waals surface area (Å²) in [6.07, 6.45) is -0.434. The van der Waals surface area contributed by atoms with Gasteiger partial charge in [-0.15, -0.1) is 0 Å². The number of rotatable bonds is 4. The molecule has 0 aromatic carbocycles. The van der Waals surface area contributed by atoms with Gasteiger partial charge >= 0.3 is 5.97 Å². The highest BCUT2D eigenvalue weighted by Gasteiger charge is 2.41. The first-order valence-electron chi connectivity index (χ1n) is 4.44. The largest absolute Gasteiger partial charge is 0.481 e. The molecule has 14 heavy (non-hydrogen) atoms. The molecule has 0 amide bonds. The monoisotopic (exact) mass is 200 g/mol. The molecule has 5 nitrogen and oxygen atoms in total. The number of carboxylic acid groups (broad SMARTS) is 1. The van der Waals surface area contributed by atoms with E-state index in [-0.39, 0.29) is 25.0 Å². The second-order valence-corrected chi connectivity index (χ2v) is 3.49. The molecule has 1 saturated carbocycles. The van der Waals surface area contributed by atoms with Crippen molar-refractivity contribution < 1.29 is 24.6 Å². The quantitative estimate of drug-likeness (QED) is 0.603. The van der Waals surface area contributed by atoms with Crippen molar-refractivity contribution in [2.75, 3.05) is 0 Å². The van der Waals surface area contributed by atoms with Crippen molar-refractivity contribution in [3.8, 4) is 0 Å². The Kier molecular flexibility index (Phi) is 3.35. The highest BCUT2D eigenvalue weighted by Crippen LogP contribution is 2.31. The van der Waals surface area contributed by atoms with E-state index < -0.39 is 23.9 Å². The normalized spacial score (nSPS) is 31.8. The molecule has 1 aliphatic carbocycles. The number of hydrogen-bond acceptors (Lipinski definition) is 4.